The van der Waals surface area contributed by atoms with Gasteiger partial charge in [0.05, 0.1) is 35.0 Å². The van der Waals surface area contributed by atoms with Crippen LogP contribution in [0.3, 0.4) is 0 Å². The normalized spacial score (nSPS) is 11.0. The number of non-ortho nitro benzene ring substituents is 1. The van der Waals surface area contributed by atoms with Crippen molar-refractivity contribution in [2.75, 3.05) is 12.4 Å². The van der Waals surface area contributed by atoms with Crippen molar-refractivity contribution in [3.8, 4) is 22.7 Å². The number of carbonyl (C=O) groups is 1. The van der Waals surface area contributed by atoms with Crippen molar-refractivity contribution in [2.24, 2.45) is 0 Å². The van der Waals surface area contributed by atoms with Crippen molar-refractivity contribution >= 4 is 28.5 Å². The second-order valence-corrected chi connectivity index (χ2v) is 8.27. The predicted molar refractivity (Wildman–Crippen MR) is 136 cm³/mol. The standard InChI is InChI=1S/C26H21N5O6/c1-16-7-9-17(10-8-16)30-24(14-20(28-30)19-5-3-4-6-22(19)36-2)27-25(32)15-29-21-12-11-18(31(34)35)13-23(21)37-26(29)33/h3-14H,15H2,1-2H3,(H,27,32). The Morgan fingerprint density at radius 3 is 2.59 bits per heavy atom. The number of benzene rings is 3. The molecule has 5 rings (SSSR count). The molecular formula is C26H21N5O6. The van der Waals surface area contributed by atoms with E-state index in [1.165, 1.54) is 12.1 Å². The van der Waals surface area contributed by atoms with Gasteiger partial charge < -0.3 is 14.5 Å². The number of ether oxygens (including phenoxy) is 1. The Morgan fingerprint density at radius 2 is 1.86 bits per heavy atom. The second-order valence-electron chi connectivity index (χ2n) is 8.27. The number of nitrogens with one attached hydrogen (secondary N) is 1. The molecule has 0 bridgehead atoms. The van der Waals surface area contributed by atoms with Crippen LogP contribution in [0.15, 0.2) is 82.0 Å². The van der Waals surface area contributed by atoms with Crippen LogP contribution in [0.2, 0.25) is 0 Å². The first kappa shape index (κ1) is 23.5. The van der Waals surface area contributed by atoms with Crippen LogP contribution in [0.5, 0.6) is 5.75 Å². The number of rotatable bonds is 7. The average molecular weight is 499 g/mol. The van der Waals surface area contributed by atoms with Crippen molar-refractivity contribution < 1.29 is 18.9 Å². The number of nitro groups is 1. The molecule has 0 aliphatic rings. The Kier molecular flexibility index (Phi) is 6.02. The van der Waals surface area contributed by atoms with Crippen LogP contribution in [0.4, 0.5) is 11.5 Å². The topological polar surface area (TPSA) is 134 Å². The molecule has 0 aliphatic heterocycles. The number of anilines is 1. The largest absolute Gasteiger partial charge is 0.496 e. The van der Waals surface area contributed by atoms with Crippen LogP contribution in [0.1, 0.15) is 5.56 Å². The highest BCUT2D eigenvalue weighted by Crippen LogP contribution is 2.31. The minimum atomic E-state index is -0.799. The molecule has 0 atom stereocenters. The highest BCUT2D eigenvalue weighted by Gasteiger charge is 2.19. The van der Waals surface area contributed by atoms with Crippen LogP contribution >= 0.6 is 0 Å². The van der Waals surface area contributed by atoms with Crippen LogP contribution < -0.4 is 15.8 Å². The van der Waals surface area contributed by atoms with Gasteiger partial charge in [-0.1, -0.05) is 29.8 Å². The summed E-state index contributed by atoms with van der Waals surface area (Å²) in [6.45, 7) is 1.60. The molecule has 5 aromatic rings. The summed E-state index contributed by atoms with van der Waals surface area (Å²) in [4.78, 5) is 35.9. The zero-order valence-corrected chi connectivity index (χ0v) is 19.9. The van der Waals surface area contributed by atoms with Crippen LogP contribution in [-0.2, 0) is 11.3 Å². The monoisotopic (exact) mass is 499 g/mol. The predicted octanol–water partition coefficient (Wildman–Crippen LogP) is 4.31. The Bertz CT molecular complexity index is 1700. The lowest BCUT2D eigenvalue weighted by Crippen LogP contribution is -2.25. The van der Waals surface area contributed by atoms with Gasteiger partial charge in [0, 0.05) is 17.7 Å². The lowest BCUT2D eigenvalue weighted by molar-refractivity contribution is -0.384. The maximum Gasteiger partial charge on any atom is 0.420 e. The first-order valence-electron chi connectivity index (χ1n) is 11.2. The Balaban J connectivity index is 1.50. The number of nitro benzene ring substituents is 1. The van der Waals surface area contributed by atoms with Crippen molar-refractivity contribution in [2.45, 2.75) is 13.5 Å². The van der Waals surface area contributed by atoms with E-state index in [-0.39, 0.29) is 23.3 Å². The molecule has 0 saturated heterocycles. The first-order chi connectivity index (χ1) is 17.8. The number of carbonyl (C=O) groups excluding carboxylic acids is 1. The summed E-state index contributed by atoms with van der Waals surface area (Å²) in [7, 11) is 1.57. The fourth-order valence-electron chi connectivity index (χ4n) is 3.99. The Morgan fingerprint density at radius 1 is 1.11 bits per heavy atom. The molecule has 2 heterocycles. The van der Waals surface area contributed by atoms with E-state index >= 15 is 0 Å². The number of para-hydroxylation sites is 1. The van der Waals surface area contributed by atoms with Gasteiger partial charge >= 0.3 is 5.76 Å². The van der Waals surface area contributed by atoms with Gasteiger partial charge in [-0.25, -0.2) is 9.48 Å². The van der Waals surface area contributed by atoms with Crippen molar-refractivity contribution in [1.29, 1.82) is 0 Å². The molecule has 2 aromatic heterocycles. The highest BCUT2D eigenvalue weighted by molar-refractivity contribution is 5.92. The van der Waals surface area contributed by atoms with E-state index in [0.29, 0.717) is 17.3 Å². The lowest BCUT2D eigenvalue weighted by atomic mass is 10.1. The molecule has 1 amide bonds. The summed E-state index contributed by atoms with van der Waals surface area (Å²) >= 11 is 0. The first-order valence-corrected chi connectivity index (χ1v) is 11.2. The minimum Gasteiger partial charge on any atom is -0.496 e. The van der Waals surface area contributed by atoms with Crippen LogP contribution in [0, 0.1) is 17.0 Å². The number of amides is 1. The molecule has 0 spiro atoms. The van der Waals surface area contributed by atoms with Gasteiger partial charge in [-0.2, -0.15) is 5.10 Å². The van der Waals surface area contributed by atoms with Crippen LogP contribution in [-0.4, -0.2) is 32.3 Å². The molecular weight excluding hydrogens is 478 g/mol. The van der Waals surface area contributed by atoms with Crippen molar-refractivity contribution in [1.82, 2.24) is 14.3 Å². The third-order valence-corrected chi connectivity index (χ3v) is 5.80. The zero-order chi connectivity index (χ0) is 26.1. The summed E-state index contributed by atoms with van der Waals surface area (Å²) in [5, 5.41) is 18.6. The summed E-state index contributed by atoms with van der Waals surface area (Å²) in [6.07, 6.45) is 0. The molecule has 0 fully saturated rings. The zero-order valence-electron chi connectivity index (χ0n) is 19.9. The molecule has 0 radical (unpaired) electrons. The number of nitrogens with zero attached hydrogens (tertiary/aromatic N) is 4. The van der Waals surface area contributed by atoms with Gasteiger partial charge in [0.15, 0.2) is 5.58 Å². The number of aryl methyl sites for hydroxylation is 1. The summed E-state index contributed by atoms with van der Waals surface area (Å²) in [6, 6.07) is 20.5. The molecule has 0 saturated carbocycles. The number of oxazole rings is 1. The van der Waals surface area contributed by atoms with E-state index in [1.807, 2.05) is 55.5 Å². The Hall–Kier alpha value is -5.19. The lowest BCUT2D eigenvalue weighted by Gasteiger charge is -2.09. The van der Waals surface area contributed by atoms with Gasteiger partial charge in [-0.3, -0.25) is 19.5 Å². The third-order valence-electron chi connectivity index (χ3n) is 5.80. The fraction of sp³-hybridized carbons (Fsp3) is 0.115. The van der Waals surface area contributed by atoms with Crippen molar-refractivity contribution in [3.63, 3.8) is 0 Å². The molecule has 37 heavy (non-hydrogen) atoms. The molecule has 186 valence electrons. The number of aromatic nitrogens is 3. The van der Waals surface area contributed by atoms with E-state index in [0.717, 1.165) is 27.4 Å². The quantitative estimate of drug-likeness (QED) is 0.260. The fourth-order valence-corrected chi connectivity index (χ4v) is 3.99. The summed E-state index contributed by atoms with van der Waals surface area (Å²) in [5.74, 6) is -0.305. The van der Waals surface area contributed by atoms with E-state index in [1.54, 1.807) is 17.9 Å². The molecule has 11 nitrogen and oxygen atoms in total. The molecule has 11 heteroatoms. The molecule has 0 aliphatic carbocycles. The SMILES string of the molecule is COc1ccccc1-c1cc(NC(=O)Cn2c(=O)oc3cc([N+](=O)[O-])ccc32)n(-c2ccc(C)cc2)n1. The average Bonchev–Trinajstić information content (AvgIpc) is 3.44. The van der Waals surface area contributed by atoms with E-state index in [2.05, 4.69) is 5.32 Å². The summed E-state index contributed by atoms with van der Waals surface area (Å²) < 4.78 is 13.3. The molecule has 0 unspecified atom stereocenters. The number of hydrogen-bond donors (Lipinski definition) is 1. The van der Waals surface area contributed by atoms with Crippen LogP contribution in [0.25, 0.3) is 28.0 Å². The van der Waals surface area contributed by atoms with Gasteiger partial charge in [0.25, 0.3) is 5.69 Å². The van der Waals surface area contributed by atoms with Gasteiger partial charge in [0.1, 0.15) is 18.1 Å². The van der Waals surface area contributed by atoms with Gasteiger partial charge in [0.2, 0.25) is 5.91 Å². The van der Waals surface area contributed by atoms with E-state index in [9.17, 15) is 19.7 Å². The van der Waals surface area contributed by atoms with Crippen molar-refractivity contribution in [3.05, 3.63) is 99.0 Å². The number of hydrogen-bond acceptors (Lipinski definition) is 7. The van der Waals surface area contributed by atoms with Gasteiger partial charge in [-0.15, -0.1) is 0 Å². The number of methoxy groups -OCH3 is 1. The molecule has 1 N–H and O–H groups in total. The second kappa shape index (κ2) is 9.46. The number of fused-ring (bicyclic) bond motifs is 1. The Labute approximate surface area is 209 Å². The maximum absolute atomic E-state index is 13.1. The van der Waals surface area contributed by atoms with E-state index in [4.69, 9.17) is 14.3 Å². The smallest absolute Gasteiger partial charge is 0.420 e. The molecule has 3 aromatic carbocycles. The van der Waals surface area contributed by atoms with Gasteiger partial charge in [-0.05, 0) is 37.3 Å². The minimum absolute atomic E-state index is 0.0233. The third kappa shape index (κ3) is 4.57. The highest BCUT2D eigenvalue weighted by atomic mass is 16.6. The summed E-state index contributed by atoms with van der Waals surface area (Å²) in [5.41, 5.74) is 3.18. The maximum atomic E-state index is 13.1. The van der Waals surface area contributed by atoms with E-state index < -0.39 is 16.6 Å².